The number of benzene rings is 1. The van der Waals surface area contributed by atoms with Crippen LogP contribution >= 0.6 is 11.3 Å². The molecular formula is C20H23N5O4S. The van der Waals surface area contributed by atoms with Crippen LogP contribution in [0.5, 0.6) is 17.6 Å². The largest absolute Gasteiger partial charge is 0.494 e. The zero-order valence-electron chi connectivity index (χ0n) is 17.1. The van der Waals surface area contributed by atoms with Crippen molar-refractivity contribution in [2.45, 2.75) is 6.92 Å². The molecule has 0 bridgehead atoms. The number of methoxy groups -OCH3 is 2. The Balaban J connectivity index is 1.45. The van der Waals surface area contributed by atoms with Crippen LogP contribution in [0.15, 0.2) is 24.3 Å². The number of fused-ring (bicyclic) bond motifs is 1. The first-order valence-electron chi connectivity index (χ1n) is 9.66. The van der Waals surface area contributed by atoms with E-state index in [1.807, 2.05) is 25.1 Å². The van der Waals surface area contributed by atoms with E-state index in [0.29, 0.717) is 38.7 Å². The monoisotopic (exact) mass is 429 g/mol. The van der Waals surface area contributed by atoms with Crippen molar-refractivity contribution in [1.29, 1.82) is 0 Å². The van der Waals surface area contributed by atoms with E-state index in [4.69, 9.17) is 19.2 Å². The maximum absolute atomic E-state index is 12.9. The minimum atomic E-state index is -0.167. The van der Waals surface area contributed by atoms with Crippen LogP contribution in [0.3, 0.4) is 0 Å². The Kier molecular flexibility index (Phi) is 5.84. The summed E-state index contributed by atoms with van der Waals surface area (Å²) in [4.78, 5) is 29.8. The summed E-state index contributed by atoms with van der Waals surface area (Å²) in [6, 6.07) is 7.58. The fraction of sp³-hybridized carbons (Fsp3) is 0.400. The Morgan fingerprint density at radius 2 is 1.87 bits per heavy atom. The fourth-order valence-electron chi connectivity index (χ4n) is 3.26. The third kappa shape index (κ3) is 4.09. The van der Waals surface area contributed by atoms with Crippen LogP contribution < -0.4 is 19.1 Å². The second-order valence-electron chi connectivity index (χ2n) is 6.62. The van der Waals surface area contributed by atoms with Crippen molar-refractivity contribution >= 4 is 32.6 Å². The summed E-state index contributed by atoms with van der Waals surface area (Å²) in [6.45, 7) is 5.15. The summed E-state index contributed by atoms with van der Waals surface area (Å²) in [5.41, 5.74) is 1.22. The highest BCUT2D eigenvalue weighted by molar-refractivity contribution is 7.22. The molecule has 0 radical (unpaired) electrons. The van der Waals surface area contributed by atoms with Crippen molar-refractivity contribution in [2.24, 2.45) is 0 Å². The van der Waals surface area contributed by atoms with E-state index in [-0.39, 0.29) is 17.6 Å². The first-order chi connectivity index (χ1) is 14.6. The molecule has 1 saturated heterocycles. The van der Waals surface area contributed by atoms with Crippen molar-refractivity contribution in [2.75, 3.05) is 51.9 Å². The zero-order chi connectivity index (χ0) is 21.1. The van der Waals surface area contributed by atoms with Crippen molar-refractivity contribution in [3.63, 3.8) is 0 Å². The van der Waals surface area contributed by atoms with Gasteiger partial charge in [-0.05, 0) is 25.1 Å². The molecule has 0 saturated carbocycles. The first-order valence-corrected chi connectivity index (χ1v) is 10.5. The topological polar surface area (TPSA) is 89.9 Å². The average molecular weight is 430 g/mol. The van der Waals surface area contributed by atoms with Crippen LogP contribution in [0.25, 0.3) is 10.2 Å². The zero-order valence-corrected chi connectivity index (χ0v) is 17.9. The van der Waals surface area contributed by atoms with Gasteiger partial charge in [-0.3, -0.25) is 4.79 Å². The Morgan fingerprint density at radius 3 is 2.57 bits per heavy atom. The third-order valence-corrected chi connectivity index (χ3v) is 5.87. The maximum atomic E-state index is 12.9. The number of hydrogen-bond acceptors (Lipinski definition) is 9. The number of amides is 1. The fourth-order valence-corrected chi connectivity index (χ4v) is 4.30. The minimum Gasteiger partial charge on any atom is -0.494 e. The number of piperazine rings is 1. The molecule has 9 nitrogen and oxygen atoms in total. The molecule has 1 amide bonds. The number of hydrogen-bond donors (Lipinski definition) is 0. The van der Waals surface area contributed by atoms with E-state index in [1.54, 1.807) is 16.2 Å². The Bertz CT molecular complexity index is 1030. The Morgan fingerprint density at radius 1 is 1.07 bits per heavy atom. The molecule has 0 atom stereocenters. The van der Waals surface area contributed by atoms with E-state index in [0.717, 1.165) is 21.1 Å². The molecule has 0 spiro atoms. The molecule has 30 heavy (non-hydrogen) atoms. The van der Waals surface area contributed by atoms with E-state index in [1.165, 1.54) is 20.3 Å². The predicted octanol–water partition coefficient (Wildman–Crippen LogP) is 2.46. The highest BCUT2D eigenvalue weighted by Gasteiger charge is 2.26. The molecule has 4 rings (SSSR count). The summed E-state index contributed by atoms with van der Waals surface area (Å²) < 4.78 is 16.9. The van der Waals surface area contributed by atoms with Crippen LogP contribution in [-0.4, -0.2) is 72.8 Å². The summed E-state index contributed by atoms with van der Waals surface area (Å²) in [7, 11) is 2.95. The van der Waals surface area contributed by atoms with E-state index >= 15 is 0 Å². The van der Waals surface area contributed by atoms with Crippen molar-refractivity contribution in [1.82, 2.24) is 19.9 Å². The normalized spacial score (nSPS) is 14.1. The summed E-state index contributed by atoms with van der Waals surface area (Å²) in [5, 5.41) is 0.955. The molecule has 1 aliphatic heterocycles. The van der Waals surface area contributed by atoms with Gasteiger partial charge in [-0.2, -0.15) is 9.97 Å². The van der Waals surface area contributed by atoms with Gasteiger partial charge in [0.1, 0.15) is 11.4 Å². The van der Waals surface area contributed by atoms with Crippen LogP contribution in [0.1, 0.15) is 17.4 Å². The van der Waals surface area contributed by atoms with Gasteiger partial charge in [0.25, 0.3) is 5.91 Å². The van der Waals surface area contributed by atoms with E-state index in [2.05, 4.69) is 14.9 Å². The van der Waals surface area contributed by atoms with Crippen LogP contribution in [0.4, 0.5) is 5.13 Å². The Labute approximate surface area is 178 Å². The number of ether oxygens (including phenoxy) is 3. The molecule has 2 aromatic heterocycles. The van der Waals surface area contributed by atoms with Gasteiger partial charge in [-0.25, -0.2) is 4.98 Å². The summed E-state index contributed by atoms with van der Waals surface area (Å²) in [6.07, 6.45) is 0. The molecule has 1 fully saturated rings. The number of nitrogens with zero attached hydrogens (tertiary/aromatic N) is 5. The lowest BCUT2D eigenvalue weighted by Crippen LogP contribution is -2.49. The lowest BCUT2D eigenvalue weighted by Gasteiger charge is -2.34. The molecule has 3 heterocycles. The van der Waals surface area contributed by atoms with Crippen LogP contribution in [-0.2, 0) is 0 Å². The number of carbonyl (C=O) groups excluding carboxylic acids is 1. The van der Waals surface area contributed by atoms with E-state index in [9.17, 15) is 4.79 Å². The second kappa shape index (κ2) is 8.70. The minimum absolute atomic E-state index is 0.109. The third-order valence-electron chi connectivity index (χ3n) is 4.79. The first kappa shape index (κ1) is 20.1. The van der Waals surface area contributed by atoms with Gasteiger partial charge < -0.3 is 24.0 Å². The highest BCUT2D eigenvalue weighted by Crippen LogP contribution is 2.32. The number of thiazole rings is 1. The number of aromatic nitrogens is 3. The average Bonchev–Trinajstić information content (AvgIpc) is 3.22. The van der Waals surface area contributed by atoms with Crippen molar-refractivity contribution in [3.8, 4) is 17.6 Å². The van der Waals surface area contributed by atoms with E-state index < -0.39 is 0 Å². The molecule has 158 valence electrons. The number of rotatable bonds is 6. The molecule has 10 heteroatoms. The molecule has 1 aliphatic rings. The van der Waals surface area contributed by atoms with Crippen molar-refractivity contribution in [3.05, 3.63) is 30.0 Å². The van der Waals surface area contributed by atoms with Gasteiger partial charge in [0.2, 0.25) is 5.88 Å². The predicted molar refractivity (Wildman–Crippen MR) is 114 cm³/mol. The second-order valence-corrected chi connectivity index (χ2v) is 7.63. The van der Waals surface area contributed by atoms with Gasteiger partial charge in [0, 0.05) is 32.2 Å². The van der Waals surface area contributed by atoms with Gasteiger partial charge in [-0.15, -0.1) is 0 Å². The summed E-state index contributed by atoms with van der Waals surface area (Å²) >= 11 is 1.64. The quantitative estimate of drug-likeness (QED) is 0.590. The maximum Gasteiger partial charge on any atom is 0.320 e. The molecule has 0 aliphatic carbocycles. The molecular weight excluding hydrogens is 406 g/mol. The molecule has 3 aromatic rings. The lowest BCUT2D eigenvalue weighted by atomic mass is 10.2. The summed E-state index contributed by atoms with van der Waals surface area (Å²) in [5.74, 6) is 0.982. The lowest BCUT2D eigenvalue weighted by molar-refractivity contribution is 0.0739. The Hall–Kier alpha value is -3.14. The van der Waals surface area contributed by atoms with Gasteiger partial charge >= 0.3 is 6.01 Å². The number of carbonyl (C=O) groups is 1. The van der Waals surface area contributed by atoms with Crippen LogP contribution in [0.2, 0.25) is 0 Å². The molecule has 0 N–H and O–H groups in total. The smallest absolute Gasteiger partial charge is 0.320 e. The van der Waals surface area contributed by atoms with Gasteiger partial charge in [-0.1, -0.05) is 11.3 Å². The molecule has 0 unspecified atom stereocenters. The van der Waals surface area contributed by atoms with Crippen LogP contribution in [0, 0.1) is 0 Å². The van der Waals surface area contributed by atoms with Gasteiger partial charge in [0.05, 0.1) is 31.0 Å². The molecule has 1 aromatic carbocycles. The van der Waals surface area contributed by atoms with Crippen molar-refractivity contribution < 1.29 is 19.0 Å². The SMILES string of the molecule is CCOc1ccc2nc(N3CCN(C(=O)c4cc(OC)nc(OC)n4)CC3)sc2c1. The van der Waals surface area contributed by atoms with Gasteiger partial charge in [0.15, 0.2) is 5.13 Å². The highest BCUT2D eigenvalue weighted by atomic mass is 32.1. The number of anilines is 1. The standard InChI is InChI=1S/C20H23N5O4S/c1-4-29-13-5-6-14-16(11-13)30-20(22-14)25-9-7-24(8-10-25)18(26)15-12-17(27-2)23-19(21-15)28-3/h5-6,11-12H,4,7-10H2,1-3H3.